The number of nitrogens with one attached hydrogen (secondary N) is 2. The summed E-state index contributed by atoms with van der Waals surface area (Å²) in [5, 5.41) is 5.91. The molecule has 2 N–H and O–H groups in total. The summed E-state index contributed by atoms with van der Waals surface area (Å²) in [6.07, 6.45) is 5.96. The quantitative estimate of drug-likeness (QED) is 0.287. The standard InChI is InChI=1S/C25H42N2O4/c1-7-8-9-10-11-14-31-22-17-20(12-13-21(22)30-6)25(26-23(28)15-18(2)3)27-24(29)16-19(4)5/h12-13,17-19,25H,7-11,14-16H2,1-6H3,(H,26,28)(H,27,29). The molecule has 1 rings (SSSR count). The average Bonchev–Trinajstić information content (AvgIpc) is 2.68. The number of amides is 2. The zero-order chi connectivity index (χ0) is 23.2. The molecule has 6 heteroatoms. The molecule has 0 spiro atoms. The molecule has 0 saturated heterocycles. The summed E-state index contributed by atoms with van der Waals surface area (Å²) in [6, 6.07) is 5.52. The van der Waals surface area contributed by atoms with Crippen LogP contribution in [-0.2, 0) is 9.59 Å². The van der Waals surface area contributed by atoms with Crippen LogP contribution in [0.25, 0.3) is 0 Å². The van der Waals surface area contributed by atoms with E-state index in [1.165, 1.54) is 19.3 Å². The number of benzene rings is 1. The third kappa shape index (κ3) is 11.1. The van der Waals surface area contributed by atoms with Gasteiger partial charge in [0.05, 0.1) is 13.7 Å². The summed E-state index contributed by atoms with van der Waals surface area (Å²) in [7, 11) is 1.61. The molecule has 31 heavy (non-hydrogen) atoms. The largest absolute Gasteiger partial charge is 0.493 e. The van der Waals surface area contributed by atoms with Crippen LogP contribution in [0.15, 0.2) is 18.2 Å². The number of carbonyl (C=O) groups excluding carboxylic acids is 2. The van der Waals surface area contributed by atoms with Crippen LogP contribution in [0.2, 0.25) is 0 Å². The fourth-order valence-electron chi connectivity index (χ4n) is 3.26. The first-order valence-electron chi connectivity index (χ1n) is 11.7. The Morgan fingerprint density at radius 2 is 1.45 bits per heavy atom. The predicted octanol–water partition coefficient (Wildman–Crippen LogP) is 5.37. The molecule has 176 valence electrons. The van der Waals surface area contributed by atoms with Crippen LogP contribution < -0.4 is 20.1 Å². The molecule has 1 aromatic rings. The minimum atomic E-state index is -0.615. The van der Waals surface area contributed by atoms with Crippen molar-refractivity contribution in [1.29, 1.82) is 0 Å². The van der Waals surface area contributed by atoms with Gasteiger partial charge in [0.15, 0.2) is 11.5 Å². The summed E-state index contributed by atoms with van der Waals surface area (Å²) in [4.78, 5) is 24.9. The number of hydrogen-bond acceptors (Lipinski definition) is 4. The smallest absolute Gasteiger partial charge is 0.222 e. The number of carbonyl (C=O) groups is 2. The molecule has 1 aromatic carbocycles. The summed E-state index contributed by atoms with van der Waals surface area (Å²) in [5.74, 6) is 1.52. The van der Waals surface area contributed by atoms with Crippen LogP contribution in [0.1, 0.15) is 91.3 Å². The van der Waals surface area contributed by atoms with Crippen LogP contribution in [0.3, 0.4) is 0 Å². The molecule has 2 amide bonds. The van der Waals surface area contributed by atoms with Gasteiger partial charge in [0.1, 0.15) is 6.17 Å². The van der Waals surface area contributed by atoms with E-state index in [-0.39, 0.29) is 23.7 Å². The zero-order valence-electron chi connectivity index (χ0n) is 20.3. The Morgan fingerprint density at radius 1 is 0.871 bits per heavy atom. The molecule has 0 atom stereocenters. The number of methoxy groups -OCH3 is 1. The van der Waals surface area contributed by atoms with E-state index in [4.69, 9.17) is 9.47 Å². The molecule has 0 bridgehead atoms. The Kier molecular flexibility index (Phi) is 12.7. The fraction of sp³-hybridized carbons (Fsp3) is 0.680. The van der Waals surface area contributed by atoms with Gasteiger partial charge in [0.2, 0.25) is 11.8 Å². The Bertz CT molecular complexity index is 649. The molecule has 0 fully saturated rings. The first kappa shape index (κ1) is 26.8. The summed E-state index contributed by atoms with van der Waals surface area (Å²) >= 11 is 0. The highest BCUT2D eigenvalue weighted by atomic mass is 16.5. The number of unbranched alkanes of at least 4 members (excludes halogenated alkanes) is 4. The highest BCUT2D eigenvalue weighted by molar-refractivity contribution is 5.79. The molecule has 0 aliphatic carbocycles. The van der Waals surface area contributed by atoms with Crippen molar-refractivity contribution in [3.63, 3.8) is 0 Å². The first-order chi connectivity index (χ1) is 14.8. The number of ether oxygens (including phenoxy) is 2. The van der Waals surface area contributed by atoms with E-state index in [0.717, 1.165) is 18.4 Å². The normalized spacial score (nSPS) is 11.1. The monoisotopic (exact) mass is 434 g/mol. The van der Waals surface area contributed by atoms with Gasteiger partial charge in [0.25, 0.3) is 0 Å². The van der Waals surface area contributed by atoms with E-state index in [2.05, 4.69) is 17.6 Å². The van der Waals surface area contributed by atoms with Crippen molar-refractivity contribution < 1.29 is 19.1 Å². The van der Waals surface area contributed by atoms with Gasteiger partial charge in [-0.15, -0.1) is 0 Å². The highest BCUT2D eigenvalue weighted by Gasteiger charge is 2.20. The minimum absolute atomic E-state index is 0.0981. The van der Waals surface area contributed by atoms with Gasteiger partial charge in [-0.3, -0.25) is 9.59 Å². The van der Waals surface area contributed by atoms with Gasteiger partial charge >= 0.3 is 0 Å². The molecule has 0 heterocycles. The lowest BCUT2D eigenvalue weighted by Crippen LogP contribution is -2.41. The molecule has 0 aliphatic rings. The van der Waals surface area contributed by atoms with Crippen molar-refractivity contribution in [2.24, 2.45) is 11.8 Å². The van der Waals surface area contributed by atoms with E-state index in [1.54, 1.807) is 7.11 Å². The Balaban J connectivity index is 2.95. The molecule has 0 radical (unpaired) electrons. The Hall–Kier alpha value is -2.24. The molecule has 6 nitrogen and oxygen atoms in total. The maximum atomic E-state index is 12.4. The van der Waals surface area contributed by atoms with Crippen LogP contribution in [0.4, 0.5) is 0 Å². The van der Waals surface area contributed by atoms with E-state index >= 15 is 0 Å². The summed E-state index contributed by atoms with van der Waals surface area (Å²) in [5.41, 5.74) is 0.760. The average molecular weight is 435 g/mol. The molecular formula is C25H42N2O4. The van der Waals surface area contributed by atoms with Crippen molar-refractivity contribution in [3.8, 4) is 11.5 Å². The SMILES string of the molecule is CCCCCCCOc1cc(C(NC(=O)CC(C)C)NC(=O)CC(C)C)ccc1OC. The first-order valence-corrected chi connectivity index (χ1v) is 11.7. The third-order valence-electron chi connectivity index (χ3n) is 4.82. The molecular weight excluding hydrogens is 392 g/mol. The lowest BCUT2D eigenvalue weighted by molar-refractivity contribution is -0.125. The van der Waals surface area contributed by atoms with Crippen LogP contribution >= 0.6 is 0 Å². The second kappa shape index (κ2) is 14.7. The maximum absolute atomic E-state index is 12.4. The van der Waals surface area contributed by atoms with Gasteiger partial charge in [-0.25, -0.2) is 0 Å². The van der Waals surface area contributed by atoms with Crippen LogP contribution in [-0.4, -0.2) is 25.5 Å². The summed E-state index contributed by atoms with van der Waals surface area (Å²) < 4.78 is 11.4. The van der Waals surface area contributed by atoms with E-state index in [0.29, 0.717) is 30.9 Å². The predicted molar refractivity (Wildman–Crippen MR) is 125 cm³/mol. The van der Waals surface area contributed by atoms with Gasteiger partial charge in [0, 0.05) is 12.8 Å². The van der Waals surface area contributed by atoms with Crippen molar-refractivity contribution in [2.75, 3.05) is 13.7 Å². The highest BCUT2D eigenvalue weighted by Crippen LogP contribution is 2.30. The minimum Gasteiger partial charge on any atom is -0.493 e. The van der Waals surface area contributed by atoms with Crippen LogP contribution in [0, 0.1) is 11.8 Å². The Morgan fingerprint density at radius 3 is 1.97 bits per heavy atom. The second-order valence-corrected chi connectivity index (χ2v) is 8.94. The van der Waals surface area contributed by atoms with Gasteiger partial charge < -0.3 is 20.1 Å². The van der Waals surface area contributed by atoms with Crippen molar-refractivity contribution >= 4 is 11.8 Å². The molecule has 0 aliphatic heterocycles. The molecule has 0 aromatic heterocycles. The van der Waals surface area contributed by atoms with E-state index < -0.39 is 6.17 Å². The number of hydrogen-bond donors (Lipinski definition) is 2. The lowest BCUT2D eigenvalue weighted by Gasteiger charge is -2.23. The third-order valence-corrected chi connectivity index (χ3v) is 4.82. The van der Waals surface area contributed by atoms with Crippen molar-refractivity contribution in [3.05, 3.63) is 23.8 Å². The zero-order valence-corrected chi connectivity index (χ0v) is 20.3. The Labute approximate surface area is 188 Å². The van der Waals surface area contributed by atoms with Crippen molar-refractivity contribution in [1.82, 2.24) is 10.6 Å². The maximum Gasteiger partial charge on any atom is 0.222 e. The molecule has 0 unspecified atom stereocenters. The second-order valence-electron chi connectivity index (χ2n) is 8.94. The van der Waals surface area contributed by atoms with Gasteiger partial charge in [-0.2, -0.15) is 0 Å². The van der Waals surface area contributed by atoms with Crippen LogP contribution in [0.5, 0.6) is 11.5 Å². The van der Waals surface area contributed by atoms with Gasteiger partial charge in [-0.1, -0.05) is 66.4 Å². The van der Waals surface area contributed by atoms with E-state index in [1.807, 2.05) is 45.9 Å². The fourth-order valence-corrected chi connectivity index (χ4v) is 3.26. The van der Waals surface area contributed by atoms with E-state index in [9.17, 15) is 9.59 Å². The number of rotatable bonds is 15. The lowest BCUT2D eigenvalue weighted by atomic mass is 10.1. The van der Waals surface area contributed by atoms with Gasteiger partial charge in [-0.05, 0) is 36.0 Å². The topological polar surface area (TPSA) is 76.7 Å². The molecule has 0 saturated carbocycles. The summed E-state index contributed by atoms with van der Waals surface area (Å²) in [6.45, 7) is 10.8. The van der Waals surface area contributed by atoms with Crippen molar-refractivity contribution in [2.45, 2.75) is 85.7 Å².